The van der Waals surface area contributed by atoms with Crippen molar-refractivity contribution in [2.45, 2.75) is 19.0 Å². The summed E-state index contributed by atoms with van der Waals surface area (Å²) in [5.74, 6) is -4.16. The SMILES string of the molecule is Nc1ccc(Cl)c(COCC(F)(F)C(F)F)c1. The third-order valence-corrected chi connectivity index (χ3v) is 2.31. The van der Waals surface area contributed by atoms with Gasteiger partial charge in [-0.1, -0.05) is 11.6 Å². The Bertz CT molecular complexity index is 387. The van der Waals surface area contributed by atoms with Gasteiger partial charge in [0.05, 0.1) is 6.61 Å². The van der Waals surface area contributed by atoms with E-state index in [9.17, 15) is 17.6 Å². The number of rotatable bonds is 5. The number of halogens is 5. The summed E-state index contributed by atoms with van der Waals surface area (Å²) in [6.45, 7) is -1.66. The minimum Gasteiger partial charge on any atom is -0.399 e. The van der Waals surface area contributed by atoms with Gasteiger partial charge in [0.15, 0.2) is 0 Å². The Morgan fingerprint density at radius 1 is 1.35 bits per heavy atom. The van der Waals surface area contributed by atoms with Crippen molar-refractivity contribution < 1.29 is 22.3 Å². The first kappa shape index (κ1) is 14.1. The van der Waals surface area contributed by atoms with Crippen LogP contribution >= 0.6 is 11.6 Å². The zero-order valence-corrected chi connectivity index (χ0v) is 9.35. The van der Waals surface area contributed by atoms with Gasteiger partial charge in [0.2, 0.25) is 0 Å². The summed E-state index contributed by atoms with van der Waals surface area (Å²) >= 11 is 5.74. The summed E-state index contributed by atoms with van der Waals surface area (Å²) in [4.78, 5) is 0. The van der Waals surface area contributed by atoms with Gasteiger partial charge in [0.25, 0.3) is 0 Å². The van der Waals surface area contributed by atoms with E-state index in [-0.39, 0.29) is 11.6 Å². The van der Waals surface area contributed by atoms with Gasteiger partial charge in [0, 0.05) is 10.7 Å². The van der Waals surface area contributed by atoms with E-state index >= 15 is 0 Å². The van der Waals surface area contributed by atoms with E-state index in [1.807, 2.05) is 0 Å². The molecule has 0 radical (unpaired) electrons. The first-order chi connectivity index (χ1) is 7.83. The maximum Gasteiger partial charge on any atom is 0.330 e. The van der Waals surface area contributed by atoms with E-state index in [4.69, 9.17) is 17.3 Å². The highest BCUT2D eigenvalue weighted by atomic mass is 35.5. The van der Waals surface area contributed by atoms with Crippen molar-refractivity contribution >= 4 is 17.3 Å². The molecule has 0 atom stereocenters. The van der Waals surface area contributed by atoms with Gasteiger partial charge in [-0.15, -0.1) is 0 Å². The van der Waals surface area contributed by atoms with Crippen LogP contribution in [0.25, 0.3) is 0 Å². The van der Waals surface area contributed by atoms with Gasteiger partial charge >= 0.3 is 12.3 Å². The van der Waals surface area contributed by atoms with Crippen LogP contribution < -0.4 is 5.73 Å². The molecule has 1 rings (SSSR count). The fourth-order valence-corrected chi connectivity index (χ4v) is 1.24. The minimum atomic E-state index is -4.16. The first-order valence-corrected chi connectivity index (χ1v) is 4.98. The highest BCUT2D eigenvalue weighted by molar-refractivity contribution is 6.31. The van der Waals surface area contributed by atoms with E-state index in [0.717, 1.165) is 0 Å². The molecule has 2 N–H and O–H groups in total. The number of hydrogen-bond acceptors (Lipinski definition) is 2. The molecule has 0 heterocycles. The van der Waals surface area contributed by atoms with E-state index in [2.05, 4.69) is 4.74 Å². The Labute approximate surface area is 100 Å². The maximum absolute atomic E-state index is 12.5. The van der Waals surface area contributed by atoms with E-state index < -0.39 is 19.0 Å². The second-order valence-electron chi connectivity index (χ2n) is 3.41. The zero-order valence-electron chi connectivity index (χ0n) is 8.60. The number of nitrogen functional groups attached to an aromatic ring is 1. The molecule has 0 aliphatic heterocycles. The number of hydrogen-bond donors (Lipinski definition) is 1. The molecule has 0 saturated carbocycles. The van der Waals surface area contributed by atoms with Gasteiger partial charge < -0.3 is 10.5 Å². The molecule has 0 spiro atoms. The lowest BCUT2D eigenvalue weighted by atomic mass is 10.2. The monoisotopic (exact) mass is 271 g/mol. The number of benzene rings is 1. The van der Waals surface area contributed by atoms with Crippen LogP contribution in [0.4, 0.5) is 23.2 Å². The van der Waals surface area contributed by atoms with Gasteiger partial charge in [-0.25, -0.2) is 8.78 Å². The maximum atomic E-state index is 12.5. The number of ether oxygens (including phenoxy) is 1. The fraction of sp³-hybridized carbons (Fsp3) is 0.400. The molecular formula is C10H10ClF4NO. The van der Waals surface area contributed by atoms with Crippen LogP contribution in [0.3, 0.4) is 0 Å². The average molecular weight is 272 g/mol. The van der Waals surface area contributed by atoms with Crippen molar-refractivity contribution in [1.29, 1.82) is 0 Å². The van der Waals surface area contributed by atoms with Crippen molar-refractivity contribution in [2.75, 3.05) is 12.3 Å². The van der Waals surface area contributed by atoms with Crippen LogP contribution in [0.2, 0.25) is 5.02 Å². The summed E-state index contributed by atoms with van der Waals surface area (Å²) < 4.78 is 53.1. The molecule has 2 nitrogen and oxygen atoms in total. The summed E-state index contributed by atoms with van der Waals surface area (Å²) in [6, 6.07) is 4.43. The van der Waals surface area contributed by atoms with Crippen molar-refractivity contribution in [3.05, 3.63) is 28.8 Å². The van der Waals surface area contributed by atoms with Crippen LogP contribution in [-0.4, -0.2) is 19.0 Å². The van der Waals surface area contributed by atoms with Crippen LogP contribution in [-0.2, 0) is 11.3 Å². The van der Waals surface area contributed by atoms with Crippen molar-refractivity contribution in [3.8, 4) is 0 Å². The van der Waals surface area contributed by atoms with E-state index in [0.29, 0.717) is 11.3 Å². The molecule has 17 heavy (non-hydrogen) atoms. The number of anilines is 1. The number of nitrogens with two attached hydrogens (primary N) is 1. The standard InChI is InChI=1S/C10H10ClF4NO/c11-8-2-1-7(16)3-6(8)4-17-5-10(14,15)9(12)13/h1-3,9H,4-5,16H2. The van der Waals surface area contributed by atoms with Crippen LogP contribution in [0, 0.1) is 0 Å². The summed E-state index contributed by atoms with van der Waals surface area (Å²) in [5, 5.41) is 0.277. The smallest absolute Gasteiger partial charge is 0.330 e. The molecule has 0 unspecified atom stereocenters. The Hall–Kier alpha value is -1.01. The molecule has 0 bridgehead atoms. The average Bonchev–Trinajstić information content (AvgIpc) is 2.22. The Morgan fingerprint density at radius 2 is 2.00 bits per heavy atom. The highest BCUT2D eigenvalue weighted by Gasteiger charge is 2.40. The van der Waals surface area contributed by atoms with E-state index in [1.165, 1.54) is 18.2 Å². The first-order valence-electron chi connectivity index (χ1n) is 4.60. The second-order valence-corrected chi connectivity index (χ2v) is 3.81. The van der Waals surface area contributed by atoms with Crippen LogP contribution in [0.15, 0.2) is 18.2 Å². The summed E-state index contributed by atoms with van der Waals surface area (Å²) in [7, 11) is 0. The minimum absolute atomic E-state index is 0.277. The largest absolute Gasteiger partial charge is 0.399 e. The van der Waals surface area contributed by atoms with Crippen LogP contribution in [0.1, 0.15) is 5.56 Å². The van der Waals surface area contributed by atoms with E-state index in [1.54, 1.807) is 0 Å². The molecule has 0 amide bonds. The predicted octanol–water partition coefficient (Wildman–Crippen LogP) is 3.34. The topological polar surface area (TPSA) is 35.2 Å². The highest BCUT2D eigenvalue weighted by Crippen LogP contribution is 2.25. The molecule has 0 saturated heterocycles. The second kappa shape index (κ2) is 5.55. The van der Waals surface area contributed by atoms with Crippen LogP contribution in [0.5, 0.6) is 0 Å². The predicted molar refractivity (Wildman–Crippen MR) is 56.5 cm³/mol. The van der Waals surface area contributed by atoms with Gasteiger partial charge in [-0.05, 0) is 23.8 Å². The lowest BCUT2D eigenvalue weighted by molar-refractivity contribution is -0.168. The Morgan fingerprint density at radius 3 is 2.59 bits per heavy atom. The lowest BCUT2D eigenvalue weighted by Crippen LogP contribution is -2.32. The normalized spacial score (nSPS) is 12.1. The molecule has 0 fully saturated rings. The van der Waals surface area contributed by atoms with Crippen molar-refractivity contribution in [1.82, 2.24) is 0 Å². The molecular weight excluding hydrogens is 262 g/mol. The molecule has 1 aromatic carbocycles. The number of alkyl halides is 4. The molecule has 0 aliphatic carbocycles. The van der Waals surface area contributed by atoms with Gasteiger partial charge in [-0.2, -0.15) is 8.78 Å². The molecule has 0 aliphatic rings. The quantitative estimate of drug-likeness (QED) is 0.658. The van der Waals surface area contributed by atoms with Gasteiger partial charge in [-0.3, -0.25) is 0 Å². The third-order valence-electron chi connectivity index (χ3n) is 1.94. The molecule has 1 aromatic rings. The summed E-state index contributed by atoms with van der Waals surface area (Å²) in [5.41, 5.74) is 6.21. The Balaban J connectivity index is 2.54. The molecule has 0 aromatic heterocycles. The fourth-order valence-electron chi connectivity index (χ4n) is 1.07. The Kier molecular flexibility index (Phi) is 4.59. The molecule has 96 valence electrons. The van der Waals surface area contributed by atoms with Crippen molar-refractivity contribution in [3.63, 3.8) is 0 Å². The van der Waals surface area contributed by atoms with Crippen molar-refractivity contribution in [2.24, 2.45) is 0 Å². The third kappa shape index (κ3) is 4.05. The molecule has 7 heteroatoms. The van der Waals surface area contributed by atoms with Gasteiger partial charge in [0.1, 0.15) is 6.61 Å². The lowest BCUT2D eigenvalue weighted by Gasteiger charge is -2.15. The zero-order chi connectivity index (χ0) is 13.1. The summed E-state index contributed by atoms with van der Waals surface area (Å²) in [6.07, 6.45) is -3.75.